The summed E-state index contributed by atoms with van der Waals surface area (Å²) in [5.41, 5.74) is 3.18. The van der Waals surface area contributed by atoms with Crippen LogP contribution in [-0.2, 0) is 21.4 Å². The maximum atomic E-state index is 13.2. The number of amides is 1. The molecule has 2 unspecified atom stereocenters. The average Bonchev–Trinajstić information content (AvgIpc) is 3.03. The molecule has 1 aliphatic rings. The first-order valence-electron chi connectivity index (χ1n) is 11.0. The van der Waals surface area contributed by atoms with Crippen molar-refractivity contribution in [1.82, 2.24) is 8.87 Å². The topological polar surface area (TPSA) is 102 Å². The second kappa shape index (κ2) is 8.79. The van der Waals surface area contributed by atoms with Crippen molar-refractivity contribution >= 4 is 32.7 Å². The fourth-order valence-corrected chi connectivity index (χ4v) is 6.29. The number of carbonyl (C=O) groups excluding carboxylic acids is 1. The van der Waals surface area contributed by atoms with Gasteiger partial charge in [-0.1, -0.05) is 31.5 Å². The van der Waals surface area contributed by atoms with Crippen molar-refractivity contribution in [2.45, 2.75) is 45.6 Å². The largest absolute Gasteiger partial charge is 0.420 e. The molecule has 2 atom stereocenters. The number of piperidine rings is 1. The number of benzene rings is 2. The summed E-state index contributed by atoms with van der Waals surface area (Å²) in [5, 5.41) is 2.81. The molecule has 0 radical (unpaired) electrons. The number of sulfonamides is 1. The summed E-state index contributed by atoms with van der Waals surface area (Å²) in [6, 6.07) is 10.0. The highest BCUT2D eigenvalue weighted by molar-refractivity contribution is 7.89. The zero-order valence-corrected chi connectivity index (χ0v) is 20.1. The van der Waals surface area contributed by atoms with Crippen LogP contribution in [0, 0.1) is 25.7 Å². The molecular formula is C24H29N3O5S. The van der Waals surface area contributed by atoms with Gasteiger partial charge in [0.15, 0.2) is 5.58 Å². The third-order valence-corrected chi connectivity index (χ3v) is 7.90. The Morgan fingerprint density at radius 3 is 2.45 bits per heavy atom. The quantitative estimate of drug-likeness (QED) is 0.614. The molecule has 9 heteroatoms. The number of fused-ring (bicyclic) bond motifs is 1. The Morgan fingerprint density at radius 1 is 1.09 bits per heavy atom. The summed E-state index contributed by atoms with van der Waals surface area (Å²) in [6.45, 7) is 8.65. The van der Waals surface area contributed by atoms with E-state index >= 15 is 0 Å². The number of hydrogen-bond acceptors (Lipinski definition) is 5. The van der Waals surface area contributed by atoms with E-state index in [1.165, 1.54) is 27.1 Å². The van der Waals surface area contributed by atoms with E-state index < -0.39 is 15.8 Å². The summed E-state index contributed by atoms with van der Waals surface area (Å²) in [7, 11) is -3.71. The fraction of sp³-hybridized carbons (Fsp3) is 0.417. The first kappa shape index (κ1) is 23.3. The fourth-order valence-electron chi connectivity index (χ4n) is 4.60. The molecule has 1 saturated heterocycles. The second-order valence-electron chi connectivity index (χ2n) is 9.22. The minimum Gasteiger partial charge on any atom is -0.408 e. The third-order valence-electron chi connectivity index (χ3n) is 6.07. The van der Waals surface area contributed by atoms with E-state index in [1.807, 2.05) is 45.9 Å². The Hall–Kier alpha value is -2.91. The van der Waals surface area contributed by atoms with Gasteiger partial charge in [0.25, 0.3) is 0 Å². The lowest BCUT2D eigenvalue weighted by Crippen LogP contribution is -2.42. The van der Waals surface area contributed by atoms with E-state index in [1.54, 1.807) is 0 Å². The number of hydrogen-bond donors (Lipinski definition) is 1. The van der Waals surface area contributed by atoms with Crippen molar-refractivity contribution in [2.75, 3.05) is 18.4 Å². The van der Waals surface area contributed by atoms with Gasteiger partial charge in [0, 0.05) is 24.8 Å². The highest BCUT2D eigenvalue weighted by Gasteiger charge is 2.32. The normalized spacial score (nSPS) is 19.6. The maximum Gasteiger partial charge on any atom is 0.420 e. The van der Waals surface area contributed by atoms with Gasteiger partial charge in [-0.25, -0.2) is 13.2 Å². The van der Waals surface area contributed by atoms with Crippen LogP contribution in [-0.4, -0.2) is 36.3 Å². The van der Waals surface area contributed by atoms with Crippen molar-refractivity contribution in [1.29, 1.82) is 0 Å². The van der Waals surface area contributed by atoms with E-state index in [2.05, 4.69) is 5.32 Å². The number of aromatic nitrogens is 1. The predicted octanol–water partition coefficient (Wildman–Crippen LogP) is 3.52. The molecule has 0 saturated carbocycles. The van der Waals surface area contributed by atoms with Gasteiger partial charge in [0.1, 0.15) is 6.54 Å². The van der Waals surface area contributed by atoms with Crippen molar-refractivity contribution in [2.24, 2.45) is 11.8 Å². The summed E-state index contributed by atoms with van der Waals surface area (Å²) >= 11 is 0. The monoisotopic (exact) mass is 471 g/mol. The molecule has 2 aromatic carbocycles. The molecule has 1 aromatic heterocycles. The van der Waals surface area contributed by atoms with E-state index in [-0.39, 0.29) is 34.8 Å². The van der Waals surface area contributed by atoms with Crippen molar-refractivity contribution in [3.63, 3.8) is 0 Å². The number of carbonyl (C=O) groups is 1. The van der Waals surface area contributed by atoms with Crippen LogP contribution in [0.1, 0.15) is 31.4 Å². The minimum atomic E-state index is -3.71. The van der Waals surface area contributed by atoms with Crippen LogP contribution in [0.25, 0.3) is 11.1 Å². The van der Waals surface area contributed by atoms with Crippen molar-refractivity contribution in [3.05, 3.63) is 58.1 Å². The Morgan fingerprint density at radius 2 is 1.79 bits per heavy atom. The van der Waals surface area contributed by atoms with Gasteiger partial charge in [-0.15, -0.1) is 0 Å². The van der Waals surface area contributed by atoms with E-state index in [0.29, 0.717) is 24.3 Å². The molecule has 8 nitrogen and oxygen atoms in total. The molecule has 1 amide bonds. The summed E-state index contributed by atoms with van der Waals surface area (Å²) < 4.78 is 34.4. The molecule has 1 aliphatic heterocycles. The number of aryl methyl sites for hydroxylation is 2. The molecule has 3 aromatic rings. The second-order valence-corrected chi connectivity index (χ2v) is 11.2. The van der Waals surface area contributed by atoms with Gasteiger partial charge in [-0.05, 0) is 55.9 Å². The number of rotatable bonds is 5. The van der Waals surface area contributed by atoms with Crippen molar-refractivity contribution in [3.8, 4) is 0 Å². The standard InChI is InChI=1S/C24H29N3O5S/c1-15-5-7-20(18(4)10-15)25-23(28)14-27-21-8-6-19(11-22(21)32-24(27)29)33(30,31)26-12-16(2)9-17(3)13-26/h5-8,10-11,16-17H,9,12-14H2,1-4H3,(H,25,28). The average molecular weight is 472 g/mol. The van der Waals surface area contributed by atoms with Gasteiger partial charge in [-0.2, -0.15) is 4.31 Å². The van der Waals surface area contributed by atoms with Gasteiger partial charge < -0.3 is 9.73 Å². The molecule has 0 aliphatic carbocycles. The molecule has 2 heterocycles. The molecule has 0 spiro atoms. The van der Waals surface area contributed by atoms with Crippen LogP contribution < -0.4 is 11.1 Å². The Labute approximate surface area is 193 Å². The van der Waals surface area contributed by atoms with E-state index in [4.69, 9.17) is 4.42 Å². The lowest BCUT2D eigenvalue weighted by Gasteiger charge is -2.34. The van der Waals surface area contributed by atoms with Crippen molar-refractivity contribution < 1.29 is 17.6 Å². The highest BCUT2D eigenvalue weighted by atomic mass is 32.2. The third kappa shape index (κ3) is 4.74. The molecular weight excluding hydrogens is 442 g/mol. The number of nitrogens with one attached hydrogen (secondary N) is 1. The maximum absolute atomic E-state index is 13.2. The Kier molecular flexibility index (Phi) is 6.20. The number of anilines is 1. The molecule has 176 valence electrons. The Bertz CT molecular complexity index is 1360. The molecule has 1 fully saturated rings. The zero-order valence-electron chi connectivity index (χ0n) is 19.3. The van der Waals surface area contributed by atoms with Crippen LogP contribution in [0.2, 0.25) is 0 Å². The first-order chi connectivity index (χ1) is 15.5. The van der Waals surface area contributed by atoms with Gasteiger partial charge in [-0.3, -0.25) is 9.36 Å². The van der Waals surface area contributed by atoms with Crippen LogP contribution in [0.5, 0.6) is 0 Å². The van der Waals surface area contributed by atoms with Crippen LogP contribution in [0.15, 0.2) is 50.5 Å². The van der Waals surface area contributed by atoms with Gasteiger partial charge in [0.2, 0.25) is 15.9 Å². The molecule has 0 bridgehead atoms. The molecule has 1 N–H and O–H groups in total. The predicted molar refractivity (Wildman–Crippen MR) is 127 cm³/mol. The van der Waals surface area contributed by atoms with Crippen LogP contribution in [0.3, 0.4) is 0 Å². The smallest absolute Gasteiger partial charge is 0.408 e. The van der Waals surface area contributed by atoms with Crippen LogP contribution in [0.4, 0.5) is 5.69 Å². The van der Waals surface area contributed by atoms with Crippen LogP contribution >= 0.6 is 0 Å². The number of nitrogens with zero attached hydrogens (tertiary/aromatic N) is 2. The zero-order chi connectivity index (χ0) is 23.9. The molecule has 33 heavy (non-hydrogen) atoms. The van der Waals surface area contributed by atoms with Gasteiger partial charge in [0.05, 0.1) is 10.4 Å². The van der Waals surface area contributed by atoms with E-state index in [9.17, 15) is 18.0 Å². The SMILES string of the molecule is Cc1ccc(NC(=O)Cn2c(=O)oc3cc(S(=O)(=O)N4CC(C)CC(C)C4)ccc32)c(C)c1. The van der Waals surface area contributed by atoms with Gasteiger partial charge >= 0.3 is 5.76 Å². The minimum absolute atomic E-state index is 0.0805. The summed E-state index contributed by atoms with van der Waals surface area (Å²) in [5.74, 6) is -0.529. The first-order valence-corrected chi connectivity index (χ1v) is 12.5. The summed E-state index contributed by atoms with van der Waals surface area (Å²) in [4.78, 5) is 25.1. The lowest BCUT2D eigenvalue weighted by molar-refractivity contribution is -0.116. The lowest BCUT2D eigenvalue weighted by atomic mass is 9.94. The molecule has 4 rings (SSSR count). The summed E-state index contributed by atoms with van der Waals surface area (Å²) in [6.07, 6.45) is 0.993. The van der Waals surface area contributed by atoms with E-state index in [0.717, 1.165) is 17.5 Å². The number of oxazole rings is 1. The Balaban J connectivity index is 1.59. The highest BCUT2D eigenvalue weighted by Crippen LogP contribution is 2.28.